The minimum Gasteiger partial charge on any atom is -0.494 e. The molecule has 0 heterocycles. The van der Waals surface area contributed by atoms with Crippen molar-refractivity contribution in [3.05, 3.63) is 53.6 Å². The van der Waals surface area contributed by atoms with Crippen molar-refractivity contribution in [2.24, 2.45) is 11.8 Å². The Kier molecular flexibility index (Phi) is 6.52. The summed E-state index contributed by atoms with van der Waals surface area (Å²) in [6.07, 6.45) is 11.1. The van der Waals surface area contributed by atoms with E-state index in [1.54, 1.807) is 12.1 Å². The maximum Gasteiger partial charge on any atom is 0.166 e. The molecule has 0 bridgehead atoms. The second-order valence-corrected chi connectivity index (χ2v) is 8.95. The molecular formula is C26H32F2O. The second kappa shape index (κ2) is 9.28. The maximum absolute atomic E-state index is 14.6. The third-order valence-corrected chi connectivity index (χ3v) is 6.68. The fraction of sp³-hybridized carbons (Fsp3) is 0.538. The molecule has 0 aromatic heterocycles. The highest BCUT2D eigenvalue weighted by molar-refractivity contribution is 5.70. The van der Waals surface area contributed by atoms with E-state index in [4.69, 9.17) is 4.74 Å². The molecule has 2 aromatic rings. The van der Waals surface area contributed by atoms with Gasteiger partial charge in [0.05, 0.1) is 6.61 Å². The first-order valence-electron chi connectivity index (χ1n) is 11.4. The highest BCUT2D eigenvalue weighted by Gasteiger charge is 2.30. The summed E-state index contributed by atoms with van der Waals surface area (Å²) in [5.41, 5.74) is 2.30. The largest absolute Gasteiger partial charge is 0.494 e. The van der Waals surface area contributed by atoms with Crippen molar-refractivity contribution in [1.82, 2.24) is 0 Å². The molecule has 2 aliphatic carbocycles. The van der Waals surface area contributed by atoms with Gasteiger partial charge in [-0.15, -0.1) is 0 Å². The van der Waals surface area contributed by atoms with Gasteiger partial charge in [-0.3, -0.25) is 0 Å². The summed E-state index contributed by atoms with van der Waals surface area (Å²) in [5.74, 6) is 1.51. The van der Waals surface area contributed by atoms with E-state index in [-0.39, 0.29) is 0 Å². The van der Waals surface area contributed by atoms with Gasteiger partial charge < -0.3 is 4.74 Å². The van der Waals surface area contributed by atoms with Crippen molar-refractivity contribution in [3.8, 4) is 16.9 Å². The van der Waals surface area contributed by atoms with Crippen LogP contribution in [-0.2, 0) is 0 Å². The topological polar surface area (TPSA) is 9.23 Å². The molecule has 0 saturated heterocycles. The summed E-state index contributed by atoms with van der Waals surface area (Å²) in [6, 6.07) is 10.4. The molecule has 2 aromatic carbocycles. The average Bonchev–Trinajstić information content (AvgIpc) is 3.55. The Balaban J connectivity index is 1.59. The highest BCUT2D eigenvalue weighted by Crippen LogP contribution is 2.45. The molecule has 4 rings (SSSR count). The summed E-state index contributed by atoms with van der Waals surface area (Å²) in [6.45, 7) is 2.84. The molecule has 2 fully saturated rings. The molecule has 0 unspecified atom stereocenters. The molecule has 156 valence electrons. The molecule has 2 saturated carbocycles. The zero-order valence-corrected chi connectivity index (χ0v) is 17.4. The van der Waals surface area contributed by atoms with Gasteiger partial charge in [0.15, 0.2) is 11.6 Å². The zero-order chi connectivity index (χ0) is 20.2. The van der Waals surface area contributed by atoms with Gasteiger partial charge in [-0.25, -0.2) is 8.78 Å². The van der Waals surface area contributed by atoms with Crippen LogP contribution in [0.2, 0.25) is 0 Å². The monoisotopic (exact) mass is 398 g/mol. The van der Waals surface area contributed by atoms with E-state index in [0.717, 1.165) is 54.4 Å². The van der Waals surface area contributed by atoms with E-state index in [0.29, 0.717) is 18.1 Å². The van der Waals surface area contributed by atoms with Crippen LogP contribution in [0.25, 0.3) is 11.1 Å². The number of rotatable bonds is 8. The molecule has 0 radical (unpaired) electrons. The van der Waals surface area contributed by atoms with Gasteiger partial charge in [0.25, 0.3) is 0 Å². The molecule has 0 aliphatic heterocycles. The van der Waals surface area contributed by atoms with Crippen molar-refractivity contribution in [2.45, 2.75) is 70.6 Å². The SMILES string of the molecule is CCCCOc1ccc(-c2cccc(F)c2F)c(C2CCC(CC3CC3)CC2)c1. The van der Waals surface area contributed by atoms with Crippen LogP contribution in [0.1, 0.15) is 76.2 Å². The van der Waals surface area contributed by atoms with Crippen molar-refractivity contribution in [1.29, 1.82) is 0 Å². The normalized spacial score (nSPS) is 21.9. The van der Waals surface area contributed by atoms with Crippen molar-refractivity contribution in [2.75, 3.05) is 6.61 Å². The number of unbranched alkanes of at least 4 members (excludes halogenated alkanes) is 1. The molecule has 2 aliphatic rings. The minimum atomic E-state index is -0.787. The molecular weight excluding hydrogens is 366 g/mol. The third-order valence-electron chi connectivity index (χ3n) is 6.68. The van der Waals surface area contributed by atoms with Crippen LogP contribution in [0.3, 0.4) is 0 Å². The summed E-state index contributed by atoms with van der Waals surface area (Å²) in [5, 5.41) is 0. The number of ether oxygens (including phenoxy) is 1. The van der Waals surface area contributed by atoms with Crippen LogP contribution < -0.4 is 4.74 Å². The molecule has 0 atom stereocenters. The molecule has 0 spiro atoms. The Morgan fingerprint density at radius 2 is 1.62 bits per heavy atom. The predicted octanol–water partition coefficient (Wildman–Crippen LogP) is 7.88. The van der Waals surface area contributed by atoms with Gasteiger partial charge >= 0.3 is 0 Å². The summed E-state index contributed by atoms with van der Waals surface area (Å²) in [4.78, 5) is 0. The molecule has 0 amide bonds. The lowest BCUT2D eigenvalue weighted by molar-refractivity contribution is 0.296. The first kappa shape index (κ1) is 20.4. The lowest BCUT2D eigenvalue weighted by atomic mass is 9.75. The zero-order valence-electron chi connectivity index (χ0n) is 17.4. The Hall–Kier alpha value is -1.90. The van der Waals surface area contributed by atoms with Gasteiger partial charge in [0, 0.05) is 5.56 Å². The van der Waals surface area contributed by atoms with Gasteiger partial charge in [-0.1, -0.05) is 44.4 Å². The Morgan fingerprint density at radius 1 is 0.897 bits per heavy atom. The fourth-order valence-electron chi connectivity index (χ4n) is 4.79. The molecule has 0 N–H and O–H groups in total. The van der Waals surface area contributed by atoms with Gasteiger partial charge in [-0.05, 0) is 85.6 Å². The van der Waals surface area contributed by atoms with Crippen LogP contribution in [0.4, 0.5) is 8.78 Å². The molecule has 3 heteroatoms. The molecule has 1 nitrogen and oxygen atoms in total. The van der Waals surface area contributed by atoms with Crippen LogP contribution in [0.5, 0.6) is 5.75 Å². The van der Waals surface area contributed by atoms with Crippen LogP contribution in [0.15, 0.2) is 36.4 Å². The van der Waals surface area contributed by atoms with Crippen molar-refractivity contribution >= 4 is 0 Å². The van der Waals surface area contributed by atoms with Gasteiger partial charge in [0.2, 0.25) is 0 Å². The number of benzene rings is 2. The fourth-order valence-corrected chi connectivity index (χ4v) is 4.79. The van der Waals surface area contributed by atoms with Crippen molar-refractivity contribution < 1.29 is 13.5 Å². The Bertz CT molecular complexity index is 819. The Labute approximate surface area is 173 Å². The van der Waals surface area contributed by atoms with E-state index in [2.05, 4.69) is 13.0 Å². The van der Waals surface area contributed by atoms with Crippen molar-refractivity contribution in [3.63, 3.8) is 0 Å². The van der Waals surface area contributed by atoms with E-state index >= 15 is 0 Å². The number of halogens is 2. The van der Waals surface area contributed by atoms with E-state index in [9.17, 15) is 8.78 Å². The standard InChI is InChI=1S/C26H32F2O/c1-2-3-15-29-21-13-14-22(23-5-4-6-25(27)26(23)28)24(17-21)20-11-9-19(10-12-20)16-18-7-8-18/h4-6,13-14,17-20H,2-3,7-12,15-16H2,1H3. The second-order valence-electron chi connectivity index (χ2n) is 8.95. The Morgan fingerprint density at radius 3 is 2.31 bits per heavy atom. The first-order valence-corrected chi connectivity index (χ1v) is 11.4. The summed E-state index contributed by atoms with van der Waals surface area (Å²) in [7, 11) is 0. The number of hydrogen-bond donors (Lipinski definition) is 0. The summed E-state index contributed by atoms with van der Waals surface area (Å²) >= 11 is 0. The summed E-state index contributed by atoms with van der Waals surface area (Å²) < 4.78 is 34.4. The highest BCUT2D eigenvalue weighted by atomic mass is 19.2. The van der Waals surface area contributed by atoms with E-state index in [1.165, 1.54) is 38.2 Å². The van der Waals surface area contributed by atoms with E-state index < -0.39 is 11.6 Å². The smallest absolute Gasteiger partial charge is 0.166 e. The van der Waals surface area contributed by atoms with Gasteiger partial charge in [-0.2, -0.15) is 0 Å². The lowest BCUT2D eigenvalue weighted by Gasteiger charge is -2.30. The van der Waals surface area contributed by atoms with E-state index in [1.807, 2.05) is 12.1 Å². The average molecular weight is 399 g/mol. The maximum atomic E-state index is 14.6. The quantitative estimate of drug-likeness (QED) is 0.411. The lowest BCUT2D eigenvalue weighted by Crippen LogP contribution is -2.15. The third kappa shape index (κ3) is 4.99. The van der Waals surface area contributed by atoms with Gasteiger partial charge in [0.1, 0.15) is 5.75 Å². The van der Waals surface area contributed by atoms with Crippen LogP contribution >= 0.6 is 0 Å². The van der Waals surface area contributed by atoms with Crippen LogP contribution in [0, 0.1) is 23.5 Å². The van der Waals surface area contributed by atoms with Crippen LogP contribution in [-0.4, -0.2) is 6.61 Å². The number of hydrogen-bond acceptors (Lipinski definition) is 1. The predicted molar refractivity (Wildman–Crippen MR) is 114 cm³/mol. The molecule has 29 heavy (non-hydrogen) atoms. The minimum absolute atomic E-state index is 0.361. The first-order chi connectivity index (χ1) is 14.2.